The second-order valence-electron chi connectivity index (χ2n) is 4.52. The van der Waals surface area contributed by atoms with Gasteiger partial charge in [-0.1, -0.05) is 36.9 Å². The van der Waals surface area contributed by atoms with Gasteiger partial charge in [0, 0.05) is 0 Å². The molecule has 0 aliphatic heterocycles. The van der Waals surface area contributed by atoms with Crippen molar-refractivity contribution in [2.75, 3.05) is 0 Å². The minimum absolute atomic E-state index is 0.209. The smallest absolute Gasteiger partial charge is 0.0878 e. The molecule has 1 rings (SSSR count). The molecule has 0 fully saturated rings. The van der Waals surface area contributed by atoms with Gasteiger partial charge < -0.3 is 4.74 Å². The third-order valence-corrected chi connectivity index (χ3v) is 2.38. The summed E-state index contributed by atoms with van der Waals surface area (Å²) in [6.07, 6.45) is 0.209. The van der Waals surface area contributed by atoms with Crippen molar-refractivity contribution in [1.82, 2.24) is 0 Å². The average Bonchev–Trinajstić information content (AvgIpc) is 2.16. The van der Waals surface area contributed by atoms with Gasteiger partial charge in [0.15, 0.2) is 0 Å². The summed E-state index contributed by atoms with van der Waals surface area (Å²) in [4.78, 5) is 0. The first kappa shape index (κ1) is 12.0. The van der Waals surface area contributed by atoms with Crippen LogP contribution in [0.1, 0.15) is 33.3 Å². The summed E-state index contributed by atoms with van der Waals surface area (Å²) in [7, 11) is 0. The monoisotopic (exact) mass is 204 g/mol. The van der Waals surface area contributed by atoms with Crippen LogP contribution < -0.4 is 0 Å². The lowest BCUT2D eigenvalue weighted by Crippen LogP contribution is -2.29. The van der Waals surface area contributed by atoms with Crippen LogP contribution in [-0.4, -0.2) is 11.7 Å². The summed E-state index contributed by atoms with van der Waals surface area (Å²) in [6.45, 7) is 12.3. The van der Waals surface area contributed by atoms with E-state index in [0.717, 1.165) is 11.1 Å². The number of benzene rings is 1. The fraction of sp³-hybridized carbons (Fsp3) is 0.429. The molecule has 0 bridgehead atoms. The van der Waals surface area contributed by atoms with E-state index in [0.29, 0.717) is 0 Å². The predicted octanol–water partition coefficient (Wildman–Crippen LogP) is 3.90. The number of rotatable bonds is 4. The Bertz CT molecular complexity index is 322. The predicted molar refractivity (Wildman–Crippen MR) is 65.8 cm³/mol. The molecule has 0 heterocycles. The fourth-order valence-corrected chi connectivity index (χ4v) is 1.65. The van der Waals surface area contributed by atoms with Gasteiger partial charge in [0.05, 0.1) is 11.7 Å². The van der Waals surface area contributed by atoms with Gasteiger partial charge in [0.2, 0.25) is 0 Å². The van der Waals surface area contributed by atoms with Crippen LogP contribution in [0.15, 0.2) is 36.9 Å². The fourth-order valence-electron chi connectivity index (χ4n) is 1.65. The minimum atomic E-state index is -0.310. The van der Waals surface area contributed by atoms with Gasteiger partial charge in [0.1, 0.15) is 0 Å². The lowest BCUT2D eigenvalue weighted by Gasteiger charge is -2.30. The first-order valence-corrected chi connectivity index (χ1v) is 5.36. The van der Waals surface area contributed by atoms with E-state index < -0.39 is 0 Å². The van der Waals surface area contributed by atoms with Crippen LogP contribution >= 0.6 is 0 Å². The molecule has 0 amide bonds. The van der Waals surface area contributed by atoms with Crippen molar-refractivity contribution < 1.29 is 4.74 Å². The van der Waals surface area contributed by atoms with E-state index in [2.05, 4.69) is 32.6 Å². The van der Waals surface area contributed by atoms with E-state index >= 15 is 0 Å². The summed E-state index contributed by atoms with van der Waals surface area (Å²) in [5.74, 6) is 0. The number of hydrogen-bond acceptors (Lipinski definition) is 1. The van der Waals surface area contributed by atoms with Crippen LogP contribution in [0.2, 0.25) is 0 Å². The third kappa shape index (κ3) is 3.21. The third-order valence-electron chi connectivity index (χ3n) is 2.38. The zero-order valence-electron chi connectivity index (χ0n) is 10.1. The van der Waals surface area contributed by atoms with E-state index in [-0.39, 0.29) is 11.7 Å². The molecule has 0 aliphatic carbocycles. The van der Waals surface area contributed by atoms with Crippen LogP contribution in [0.25, 0.3) is 5.57 Å². The lowest BCUT2D eigenvalue weighted by molar-refractivity contribution is -0.0155. The summed E-state index contributed by atoms with van der Waals surface area (Å²) in [5.41, 5.74) is 1.86. The molecule has 82 valence electrons. The molecule has 0 N–H and O–H groups in total. The molecule has 0 aromatic heterocycles. The van der Waals surface area contributed by atoms with Gasteiger partial charge in [-0.15, -0.1) is 0 Å². The molecule has 0 radical (unpaired) electrons. The SMILES string of the molecule is C=C(c1ccccc1)C(C)(C)OC(C)C. The van der Waals surface area contributed by atoms with Gasteiger partial charge in [-0.3, -0.25) is 0 Å². The molecule has 0 saturated heterocycles. The van der Waals surface area contributed by atoms with E-state index in [1.165, 1.54) is 0 Å². The maximum absolute atomic E-state index is 5.85. The van der Waals surface area contributed by atoms with Gasteiger partial charge >= 0.3 is 0 Å². The molecule has 0 saturated carbocycles. The van der Waals surface area contributed by atoms with Crippen LogP contribution in [0.4, 0.5) is 0 Å². The van der Waals surface area contributed by atoms with Crippen molar-refractivity contribution in [2.24, 2.45) is 0 Å². The van der Waals surface area contributed by atoms with E-state index in [9.17, 15) is 0 Å². The van der Waals surface area contributed by atoms with Crippen LogP contribution in [0, 0.1) is 0 Å². The molecule has 0 spiro atoms. The van der Waals surface area contributed by atoms with Crippen molar-refractivity contribution in [1.29, 1.82) is 0 Å². The highest BCUT2D eigenvalue weighted by Crippen LogP contribution is 2.29. The van der Waals surface area contributed by atoms with E-state index in [4.69, 9.17) is 4.74 Å². The Hall–Kier alpha value is -1.08. The summed E-state index contributed by atoms with van der Waals surface area (Å²) < 4.78 is 5.85. The first-order valence-electron chi connectivity index (χ1n) is 5.36. The second kappa shape index (κ2) is 4.63. The van der Waals surface area contributed by atoms with Gasteiger partial charge in [-0.25, -0.2) is 0 Å². The van der Waals surface area contributed by atoms with Gasteiger partial charge in [-0.05, 0) is 38.8 Å². The Labute approximate surface area is 92.8 Å². The van der Waals surface area contributed by atoms with Crippen LogP contribution in [0.5, 0.6) is 0 Å². The maximum Gasteiger partial charge on any atom is 0.0878 e. The topological polar surface area (TPSA) is 9.23 Å². The van der Waals surface area contributed by atoms with E-state index in [1.807, 2.05) is 32.0 Å². The maximum atomic E-state index is 5.85. The molecule has 0 atom stereocenters. The normalized spacial score (nSPS) is 11.8. The number of hydrogen-bond donors (Lipinski definition) is 0. The molecular formula is C14H20O. The first-order chi connectivity index (χ1) is 6.93. The Morgan fingerprint density at radius 1 is 1.20 bits per heavy atom. The summed E-state index contributed by atoms with van der Waals surface area (Å²) in [5, 5.41) is 0. The second-order valence-corrected chi connectivity index (χ2v) is 4.52. The highest BCUT2D eigenvalue weighted by Gasteiger charge is 2.24. The molecule has 15 heavy (non-hydrogen) atoms. The highest BCUT2D eigenvalue weighted by atomic mass is 16.5. The van der Waals surface area contributed by atoms with Crippen molar-refractivity contribution >= 4 is 5.57 Å². The molecule has 1 aromatic carbocycles. The molecular weight excluding hydrogens is 184 g/mol. The summed E-state index contributed by atoms with van der Waals surface area (Å²) >= 11 is 0. The molecule has 1 heteroatoms. The Morgan fingerprint density at radius 2 is 1.73 bits per heavy atom. The average molecular weight is 204 g/mol. The zero-order valence-corrected chi connectivity index (χ0v) is 10.1. The van der Waals surface area contributed by atoms with Gasteiger partial charge in [0.25, 0.3) is 0 Å². The van der Waals surface area contributed by atoms with Crippen LogP contribution in [0.3, 0.4) is 0 Å². The zero-order chi connectivity index (χ0) is 11.5. The van der Waals surface area contributed by atoms with Gasteiger partial charge in [-0.2, -0.15) is 0 Å². The summed E-state index contributed by atoms with van der Waals surface area (Å²) in [6, 6.07) is 10.2. The highest BCUT2D eigenvalue weighted by molar-refractivity contribution is 5.69. The Kier molecular flexibility index (Phi) is 3.70. The number of ether oxygens (including phenoxy) is 1. The standard InChI is InChI=1S/C14H20O/c1-11(2)15-14(4,5)12(3)13-9-7-6-8-10-13/h6-11H,3H2,1-2,4-5H3. The lowest BCUT2D eigenvalue weighted by atomic mass is 9.92. The largest absolute Gasteiger partial charge is 0.368 e. The molecule has 0 aliphatic rings. The molecule has 1 aromatic rings. The van der Waals surface area contributed by atoms with Crippen LogP contribution in [-0.2, 0) is 4.74 Å². The Balaban J connectivity index is 2.85. The van der Waals surface area contributed by atoms with E-state index in [1.54, 1.807) is 0 Å². The molecule has 0 unspecified atom stereocenters. The van der Waals surface area contributed by atoms with Crippen molar-refractivity contribution in [3.8, 4) is 0 Å². The Morgan fingerprint density at radius 3 is 2.20 bits per heavy atom. The molecule has 1 nitrogen and oxygen atoms in total. The minimum Gasteiger partial charge on any atom is -0.368 e. The van der Waals surface area contributed by atoms with Crippen molar-refractivity contribution in [2.45, 2.75) is 39.4 Å². The quantitative estimate of drug-likeness (QED) is 0.722. The van der Waals surface area contributed by atoms with Crippen molar-refractivity contribution in [3.05, 3.63) is 42.5 Å². The van der Waals surface area contributed by atoms with Crippen molar-refractivity contribution in [3.63, 3.8) is 0 Å².